The van der Waals surface area contributed by atoms with Crippen LogP contribution in [0.5, 0.6) is 0 Å². The SMILES string of the molecule is CN1C(=O)/C(=C\c2ccc(Cl)c(Cl)c2)C(=O)c2cc(C(=O)O)ccc21.NC(=O)c1cccnc1. The second kappa shape index (κ2) is 10.3. The van der Waals surface area contributed by atoms with Crippen LogP contribution in [0.15, 0.2) is 66.5 Å². The van der Waals surface area contributed by atoms with E-state index in [0.29, 0.717) is 26.9 Å². The molecule has 172 valence electrons. The molecule has 2 amide bonds. The number of carbonyl (C=O) groups is 4. The van der Waals surface area contributed by atoms with Crippen molar-refractivity contribution in [3.63, 3.8) is 0 Å². The van der Waals surface area contributed by atoms with Crippen LogP contribution in [0.1, 0.15) is 36.6 Å². The van der Waals surface area contributed by atoms with E-state index in [4.69, 9.17) is 34.0 Å². The number of nitrogens with two attached hydrogens (primary N) is 1. The van der Waals surface area contributed by atoms with Crippen molar-refractivity contribution in [2.75, 3.05) is 11.9 Å². The number of benzene rings is 2. The number of aromatic carboxylic acids is 1. The van der Waals surface area contributed by atoms with E-state index in [1.807, 2.05) is 0 Å². The minimum atomic E-state index is -1.15. The molecule has 0 aliphatic carbocycles. The molecule has 8 nitrogen and oxygen atoms in total. The number of fused-ring (bicyclic) bond motifs is 1. The highest BCUT2D eigenvalue weighted by Gasteiger charge is 2.33. The lowest BCUT2D eigenvalue weighted by molar-refractivity contribution is -0.114. The van der Waals surface area contributed by atoms with E-state index < -0.39 is 23.6 Å². The van der Waals surface area contributed by atoms with Gasteiger partial charge < -0.3 is 15.7 Å². The summed E-state index contributed by atoms with van der Waals surface area (Å²) in [5.41, 5.74) is 6.35. The fourth-order valence-corrected chi connectivity index (χ4v) is 3.39. The standard InChI is InChI=1S/C18H11Cl2NO4.C6H6N2O/c1-21-15-5-3-10(18(24)25)8-11(15)16(22)12(17(21)23)6-9-2-4-13(19)14(20)7-9;7-6(9)5-2-1-3-8-4-5/h2-8H,1H3,(H,24,25);1-4H,(H2,7,9)/b12-6-;. The highest BCUT2D eigenvalue weighted by atomic mass is 35.5. The molecule has 3 N–H and O–H groups in total. The number of ketones is 1. The quantitative estimate of drug-likeness (QED) is 0.413. The zero-order valence-corrected chi connectivity index (χ0v) is 19.2. The number of hydrogen-bond acceptors (Lipinski definition) is 5. The van der Waals surface area contributed by atoms with E-state index in [1.165, 1.54) is 42.4 Å². The van der Waals surface area contributed by atoms with E-state index in [0.717, 1.165) is 0 Å². The number of halogens is 2. The number of rotatable bonds is 3. The zero-order valence-electron chi connectivity index (χ0n) is 17.7. The predicted octanol–water partition coefficient (Wildman–Crippen LogP) is 4.11. The van der Waals surface area contributed by atoms with E-state index in [-0.39, 0.29) is 16.7 Å². The van der Waals surface area contributed by atoms with Crippen molar-refractivity contribution in [1.29, 1.82) is 0 Å². The van der Waals surface area contributed by atoms with Gasteiger partial charge in [0.25, 0.3) is 5.91 Å². The Bertz CT molecular complexity index is 1340. The van der Waals surface area contributed by atoms with Gasteiger partial charge in [0.1, 0.15) is 0 Å². The predicted molar refractivity (Wildman–Crippen MR) is 128 cm³/mol. The van der Waals surface area contributed by atoms with E-state index >= 15 is 0 Å². The first kappa shape index (κ1) is 24.6. The fourth-order valence-electron chi connectivity index (χ4n) is 3.08. The highest BCUT2D eigenvalue weighted by Crippen LogP contribution is 2.32. The fraction of sp³-hybridized carbons (Fsp3) is 0.0417. The molecular weight excluding hydrogens is 481 g/mol. The number of carboxylic acids is 1. The minimum absolute atomic E-state index is 0.0243. The molecule has 0 fully saturated rings. The number of aromatic nitrogens is 1. The first-order valence-corrected chi connectivity index (χ1v) is 10.4. The molecule has 2 heterocycles. The summed E-state index contributed by atoms with van der Waals surface area (Å²) in [5.74, 6) is -2.60. The number of carboxylic acid groups (broad SMARTS) is 1. The molecule has 0 radical (unpaired) electrons. The van der Waals surface area contributed by atoms with Crippen molar-refractivity contribution in [2.45, 2.75) is 0 Å². The molecule has 0 spiro atoms. The molecule has 4 rings (SSSR count). The number of hydrogen-bond donors (Lipinski definition) is 2. The third kappa shape index (κ3) is 5.31. The maximum absolute atomic E-state index is 12.7. The largest absolute Gasteiger partial charge is 0.478 e. The monoisotopic (exact) mass is 497 g/mol. The average Bonchev–Trinajstić information content (AvgIpc) is 2.83. The Labute approximate surface area is 204 Å². The summed E-state index contributed by atoms with van der Waals surface area (Å²) >= 11 is 11.8. The summed E-state index contributed by atoms with van der Waals surface area (Å²) in [6.45, 7) is 0. The van der Waals surface area contributed by atoms with Crippen LogP contribution in [0.25, 0.3) is 6.08 Å². The molecule has 0 saturated heterocycles. The summed E-state index contributed by atoms with van der Waals surface area (Å²) in [4.78, 5) is 51.8. The lowest BCUT2D eigenvalue weighted by Crippen LogP contribution is -2.36. The van der Waals surface area contributed by atoms with E-state index in [2.05, 4.69) is 4.98 Å². The van der Waals surface area contributed by atoms with Crippen LogP contribution in [0.4, 0.5) is 5.69 Å². The number of pyridine rings is 1. The Hall–Kier alpha value is -4.01. The second-order valence-corrected chi connectivity index (χ2v) is 7.88. The van der Waals surface area contributed by atoms with Crippen molar-refractivity contribution >= 4 is 58.5 Å². The highest BCUT2D eigenvalue weighted by molar-refractivity contribution is 6.42. The van der Waals surface area contributed by atoms with Crippen molar-refractivity contribution in [2.24, 2.45) is 5.73 Å². The molecule has 1 aromatic heterocycles. The van der Waals surface area contributed by atoms with Crippen LogP contribution in [-0.4, -0.2) is 40.7 Å². The van der Waals surface area contributed by atoms with Crippen LogP contribution < -0.4 is 10.6 Å². The van der Waals surface area contributed by atoms with Gasteiger partial charge in [-0.3, -0.25) is 19.4 Å². The van der Waals surface area contributed by atoms with Crippen LogP contribution >= 0.6 is 23.2 Å². The van der Waals surface area contributed by atoms with Gasteiger partial charge in [0.15, 0.2) is 0 Å². The first-order chi connectivity index (χ1) is 16.1. The van der Waals surface area contributed by atoms with Gasteiger partial charge in [0.05, 0.1) is 32.4 Å². The Morgan fingerprint density at radius 1 is 1.03 bits per heavy atom. The van der Waals surface area contributed by atoms with Gasteiger partial charge in [0, 0.05) is 25.0 Å². The maximum atomic E-state index is 12.7. The summed E-state index contributed by atoms with van der Waals surface area (Å²) in [6, 6.07) is 12.1. The van der Waals surface area contributed by atoms with Crippen molar-refractivity contribution < 1.29 is 24.3 Å². The molecule has 10 heteroatoms. The van der Waals surface area contributed by atoms with Gasteiger partial charge in [-0.25, -0.2) is 4.79 Å². The van der Waals surface area contributed by atoms with Crippen LogP contribution in [0, 0.1) is 0 Å². The van der Waals surface area contributed by atoms with Crippen LogP contribution in [-0.2, 0) is 4.79 Å². The molecule has 1 aliphatic rings. The summed E-state index contributed by atoms with van der Waals surface area (Å²) in [7, 11) is 1.52. The Kier molecular flexibility index (Phi) is 7.45. The minimum Gasteiger partial charge on any atom is -0.478 e. The Balaban J connectivity index is 0.000000302. The summed E-state index contributed by atoms with van der Waals surface area (Å²) in [6.07, 6.45) is 4.44. The average molecular weight is 498 g/mol. The smallest absolute Gasteiger partial charge is 0.335 e. The van der Waals surface area contributed by atoms with Gasteiger partial charge in [0.2, 0.25) is 11.7 Å². The van der Waals surface area contributed by atoms with E-state index in [9.17, 15) is 19.2 Å². The molecule has 0 bridgehead atoms. The zero-order chi connectivity index (χ0) is 25.0. The first-order valence-electron chi connectivity index (χ1n) is 9.67. The van der Waals surface area contributed by atoms with Gasteiger partial charge in [-0.2, -0.15) is 0 Å². The summed E-state index contributed by atoms with van der Waals surface area (Å²) in [5, 5.41) is 9.77. The molecule has 0 saturated carbocycles. The van der Waals surface area contributed by atoms with Crippen molar-refractivity contribution in [3.8, 4) is 0 Å². The number of amides is 2. The Morgan fingerprint density at radius 3 is 2.32 bits per heavy atom. The van der Waals surface area contributed by atoms with Crippen LogP contribution in [0.2, 0.25) is 10.0 Å². The number of anilines is 1. The molecule has 1 aliphatic heterocycles. The molecule has 0 atom stereocenters. The molecule has 34 heavy (non-hydrogen) atoms. The second-order valence-electron chi connectivity index (χ2n) is 7.07. The van der Waals surface area contributed by atoms with Gasteiger partial charge in [-0.05, 0) is 54.1 Å². The molecule has 0 unspecified atom stereocenters. The number of nitrogens with zero attached hydrogens (tertiary/aromatic N) is 2. The molecule has 2 aromatic carbocycles. The lowest BCUT2D eigenvalue weighted by Gasteiger charge is -2.26. The van der Waals surface area contributed by atoms with Crippen LogP contribution in [0.3, 0.4) is 0 Å². The van der Waals surface area contributed by atoms with Gasteiger partial charge >= 0.3 is 5.97 Å². The molecular formula is C24H17Cl2N3O5. The molecule has 3 aromatic rings. The van der Waals surface area contributed by atoms with Crippen molar-refractivity contribution in [3.05, 3.63) is 98.8 Å². The van der Waals surface area contributed by atoms with Gasteiger partial charge in [-0.1, -0.05) is 29.3 Å². The topological polar surface area (TPSA) is 131 Å². The Morgan fingerprint density at radius 2 is 1.76 bits per heavy atom. The third-order valence-corrected chi connectivity index (χ3v) is 5.57. The summed E-state index contributed by atoms with van der Waals surface area (Å²) < 4.78 is 0. The van der Waals surface area contributed by atoms with Crippen molar-refractivity contribution in [1.82, 2.24) is 4.98 Å². The number of likely N-dealkylation sites (N-methyl/N-ethyl adjacent to an activating group) is 1. The normalized spacial score (nSPS) is 13.7. The van der Waals surface area contributed by atoms with Gasteiger partial charge in [-0.15, -0.1) is 0 Å². The number of Topliss-reactive ketones (excluding diaryl/α,β-unsaturated/α-hetero) is 1. The maximum Gasteiger partial charge on any atom is 0.335 e. The number of carbonyl (C=O) groups excluding carboxylic acids is 3. The third-order valence-electron chi connectivity index (χ3n) is 4.83. The lowest BCUT2D eigenvalue weighted by atomic mass is 9.92. The number of primary amides is 1. The van der Waals surface area contributed by atoms with E-state index in [1.54, 1.807) is 36.5 Å².